The van der Waals surface area contributed by atoms with Crippen LogP contribution >= 0.6 is 23.1 Å². The van der Waals surface area contributed by atoms with Gasteiger partial charge in [-0.2, -0.15) is 0 Å². The second-order valence-corrected chi connectivity index (χ2v) is 7.87. The zero-order valence-electron chi connectivity index (χ0n) is 13.5. The van der Waals surface area contributed by atoms with Gasteiger partial charge in [-0.15, -0.1) is 11.3 Å². The summed E-state index contributed by atoms with van der Waals surface area (Å²) >= 11 is 2.90. The lowest BCUT2D eigenvalue weighted by Crippen LogP contribution is -2.23. The highest BCUT2D eigenvalue weighted by Gasteiger charge is 2.24. The molecule has 7 heteroatoms. The summed E-state index contributed by atoms with van der Waals surface area (Å²) in [5.74, 6) is 0.514. The van der Waals surface area contributed by atoms with Crippen LogP contribution in [0.2, 0.25) is 0 Å². The molecule has 2 heterocycles. The van der Waals surface area contributed by atoms with Crippen molar-refractivity contribution >= 4 is 39.3 Å². The molecule has 1 atom stereocenters. The molecule has 124 valence electrons. The molecule has 0 N–H and O–H groups in total. The van der Waals surface area contributed by atoms with Gasteiger partial charge in [0.15, 0.2) is 5.16 Å². The first-order chi connectivity index (χ1) is 11.0. The Morgan fingerprint density at radius 1 is 1.52 bits per heavy atom. The van der Waals surface area contributed by atoms with E-state index in [0.717, 1.165) is 29.5 Å². The normalized spacial score (nSPS) is 17.3. The van der Waals surface area contributed by atoms with Gasteiger partial charge in [-0.3, -0.25) is 14.2 Å². The summed E-state index contributed by atoms with van der Waals surface area (Å²) in [5.41, 5.74) is 1.23. The quantitative estimate of drug-likeness (QED) is 0.481. The predicted octanol–water partition coefficient (Wildman–Crippen LogP) is 2.87. The second kappa shape index (κ2) is 6.65. The summed E-state index contributed by atoms with van der Waals surface area (Å²) in [5, 5.41) is 1.39. The van der Waals surface area contributed by atoms with E-state index >= 15 is 0 Å². The minimum absolute atomic E-state index is 0.0249. The molecule has 3 rings (SSSR count). The van der Waals surface area contributed by atoms with Crippen molar-refractivity contribution in [2.75, 3.05) is 12.9 Å². The van der Waals surface area contributed by atoms with E-state index < -0.39 is 0 Å². The molecule has 0 aliphatic heterocycles. The fourth-order valence-electron chi connectivity index (χ4n) is 2.98. The fourth-order valence-corrected chi connectivity index (χ4v) is 5.30. The topological polar surface area (TPSA) is 61.2 Å². The Hall–Kier alpha value is -1.34. The van der Waals surface area contributed by atoms with Crippen molar-refractivity contribution < 1.29 is 9.53 Å². The maximum absolute atomic E-state index is 12.9. The third kappa shape index (κ3) is 3.04. The molecule has 0 amide bonds. The molecule has 1 aliphatic rings. The summed E-state index contributed by atoms with van der Waals surface area (Å²) in [7, 11) is 1.36. The van der Waals surface area contributed by atoms with Crippen LogP contribution in [0, 0.1) is 5.92 Å². The highest BCUT2D eigenvalue weighted by Crippen LogP contribution is 2.36. The Labute approximate surface area is 143 Å². The standard InChI is InChI=1S/C16H20N2O3S2/c1-4-18-15(20)13-10-6-5-9(2)7-11(10)23-14(13)17-16(18)22-8-12(19)21-3/h9H,4-8H2,1-3H3/t9-/m0/s1. The smallest absolute Gasteiger partial charge is 0.316 e. The molecule has 2 aromatic heterocycles. The average molecular weight is 352 g/mol. The zero-order chi connectivity index (χ0) is 16.6. The lowest BCUT2D eigenvalue weighted by atomic mass is 9.89. The van der Waals surface area contributed by atoms with E-state index in [-0.39, 0.29) is 17.3 Å². The van der Waals surface area contributed by atoms with Gasteiger partial charge in [0.25, 0.3) is 5.56 Å². The van der Waals surface area contributed by atoms with Gasteiger partial charge in [0, 0.05) is 11.4 Å². The van der Waals surface area contributed by atoms with E-state index in [0.29, 0.717) is 17.6 Å². The van der Waals surface area contributed by atoms with E-state index in [2.05, 4.69) is 16.6 Å². The number of hydrogen-bond donors (Lipinski definition) is 0. The van der Waals surface area contributed by atoms with E-state index in [1.54, 1.807) is 15.9 Å². The number of methoxy groups -OCH3 is 1. The molecule has 5 nitrogen and oxygen atoms in total. The van der Waals surface area contributed by atoms with Crippen LogP contribution in [0.15, 0.2) is 9.95 Å². The van der Waals surface area contributed by atoms with E-state index in [1.165, 1.54) is 29.3 Å². The number of thiophene rings is 1. The van der Waals surface area contributed by atoms with E-state index in [1.807, 2.05) is 6.92 Å². The largest absolute Gasteiger partial charge is 0.468 e. The maximum atomic E-state index is 12.9. The molecule has 0 saturated carbocycles. The van der Waals surface area contributed by atoms with Gasteiger partial charge < -0.3 is 4.74 Å². The lowest BCUT2D eigenvalue weighted by molar-refractivity contribution is -0.137. The first kappa shape index (κ1) is 16.5. The van der Waals surface area contributed by atoms with Crippen molar-refractivity contribution in [1.29, 1.82) is 0 Å². The minimum Gasteiger partial charge on any atom is -0.468 e. The number of hydrogen-bond acceptors (Lipinski definition) is 6. The number of carbonyl (C=O) groups is 1. The highest BCUT2D eigenvalue weighted by molar-refractivity contribution is 7.99. The Morgan fingerprint density at radius 3 is 3.00 bits per heavy atom. The van der Waals surface area contributed by atoms with E-state index in [4.69, 9.17) is 0 Å². The number of fused-ring (bicyclic) bond motifs is 3. The summed E-state index contributed by atoms with van der Waals surface area (Å²) < 4.78 is 6.34. The highest BCUT2D eigenvalue weighted by atomic mass is 32.2. The number of rotatable bonds is 4. The maximum Gasteiger partial charge on any atom is 0.316 e. The van der Waals surface area contributed by atoms with Crippen LogP contribution in [-0.4, -0.2) is 28.4 Å². The third-order valence-corrected chi connectivity index (χ3v) is 6.34. The van der Waals surface area contributed by atoms with Crippen LogP contribution in [0.4, 0.5) is 0 Å². The lowest BCUT2D eigenvalue weighted by Gasteiger charge is -2.17. The monoisotopic (exact) mass is 352 g/mol. The number of ether oxygens (including phenoxy) is 1. The zero-order valence-corrected chi connectivity index (χ0v) is 15.2. The van der Waals surface area contributed by atoms with Crippen molar-refractivity contribution in [3.8, 4) is 0 Å². The Morgan fingerprint density at radius 2 is 2.30 bits per heavy atom. The van der Waals surface area contributed by atoms with Gasteiger partial charge in [-0.1, -0.05) is 18.7 Å². The Kier molecular flexibility index (Phi) is 4.77. The summed E-state index contributed by atoms with van der Waals surface area (Å²) in [4.78, 5) is 31.1. The number of aromatic nitrogens is 2. The number of carbonyl (C=O) groups excluding carboxylic acids is 1. The van der Waals surface area contributed by atoms with Crippen molar-refractivity contribution in [2.24, 2.45) is 5.92 Å². The molecule has 0 radical (unpaired) electrons. The number of thioether (sulfide) groups is 1. The van der Waals surface area contributed by atoms with Crippen molar-refractivity contribution in [3.63, 3.8) is 0 Å². The predicted molar refractivity (Wildman–Crippen MR) is 93.5 cm³/mol. The second-order valence-electron chi connectivity index (χ2n) is 5.84. The SMILES string of the molecule is CCn1c(SCC(=O)OC)nc2sc3c(c2c1=O)CC[C@H](C)C3. The first-order valence-corrected chi connectivity index (χ1v) is 9.60. The van der Waals surface area contributed by atoms with Crippen LogP contribution in [0.25, 0.3) is 10.2 Å². The molecule has 0 unspecified atom stereocenters. The van der Waals surface area contributed by atoms with Gasteiger partial charge in [0.1, 0.15) is 4.83 Å². The van der Waals surface area contributed by atoms with Gasteiger partial charge in [0.2, 0.25) is 0 Å². The molecule has 2 aromatic rings. The van der Waals surface area contributed by atoms with Crippen molar-refractivity contribution in [1.82, 2.24) is 9.55 Å². The van der Waals surface area contributed by atoms with Gasteiger partial charge in [0.05, 0.1) is 18.2 Å². The summed E-state index contributed by atoms with van der Waals surface area (Å²) in [6, 6.07) is 0. The first-order valence-electron chi connectivity index (χ1n) is 7.79. The third-order valence-electron chi connectivity index (χ3n) is 4.24. The average Bonchev–Trinajstić information content (AvgIpc) is 2.89. The number of aryl methyl sites for hydroxylation is 1. The van der Waals surface area contributed by atoms with Crippen LogP contribution in [0.5, 0.6) is 0 Å². The Balaban J connectivity index is 2.09. The van der Waals surface area contributed by atoms with E-state index in [9.17, 15) is 9.59 Å². The summed E-state index contributed by atoms with van der Waals surface area (Å²) in [6.07, 6.45) is 3.13. The molecule has 0 fully saturated rings. The Bertz CT molecular complexity index is 810. The minimum atomic E-state index is -0.314. The van der Waals surface area contributed by atoms with Crippen LogP contribution in [0.1, 0.15) is 30.7 Å². The van der Waals surface area contributed by atoms with Gasteiger partial charge in [-0.25, -0.2) is 4.98 Å². The van der Waals surface area contributed by atoms with Crippen LogP contribution in [0.3, 0.4) is 0 Å². The van der Waals surface area contributed by atoms with Gasteiger partial charge in [-0.05, 0) is 37.7 Å². The molecular weight excluding hydrogens is 332 g/mol. The van der Waals surface area contributed by atoms with Crippen LogP contribution < -0.4 is 5.56 Å². The number of nitrogens with zero attached hydrogens (tertiary/aromatic N) is 2. The molecular formula is C16H20N2O3S2. The van der Waals surface area contributed by atoms with Gasteiger partial charge >= 0.3 is 5.97 Å². The van der Waals surface area contributed by atoms with Crippen molar-refractivity contribution in [2.45, 2.75) is 44.8 Å². The van der Waals surface area contributed by atoms with Crippen LogP contribution in [-0.2, 0) is 28.9 Å². The fraction of sp³-hybridized carbons (Fsp3) is 0.562. The summed E-state index contributed by atoms with van der Waals surface area (Å²) in [6.45, 7) is 4.73. The molecule has 0 aromatic carbocycles. The molecule has 0 bridgehead atoms. The molecule has 0 spiro atoms. The molecule has 23 heavy (non-hydrogen) atoms. The molecule has 0 saturated heterocycles. The molecule has 1 aliphatic carbocycles. The number of esters is 1. The van der Waals surface area contributed by atoms with Crippen molar-refractivity contribution in [3.05, 3.63) is 20.8 Å².